The van der Waals surface area contributed by atoms with Crippen molar-refractivity contribution in [1.29, 1.82) is 0 Å². The van der Waals surface area contributed by atoms with Gasteiger partial charge in [0.25, 0.3) is 0 Å². The molecule has 1 aliphatic heterocycles. The Morgan fingerprint density at radius 3 is 3.13 bits per heavy atom. The lowest BCUT2D eigenvalue weighted by Gasteiger charge is -2.30. The van der Waals surface area contributed by atoms with Gasteiger partial charge in [-0.25, -0.2) is 4.98 Å². The van der Waals surface area contributed by atoms with E-state index >= 15 is 0 Å². The number of rotatable bonds is 2. The van der Waals surface area contributed by atoms with E-state index in [1.807, 2.05) is 12.1 Å². The molecular weight excluding hydrogens is 324 g/mol. The van der Waals surface area contributed by atoms with E-state index < -0.39 is 0 Å². The number of pyridine rings is 1. The molecule has 0 aliphatic carbocycles. The second-order valence-electron chi connectivity index (χ2n) is 3.17. The first kappa shape index (κ1) is 11.0. The third kappa shape index (κ3) is 2.18. The predicted molar refractivity (Wildman–Crippen MR) is 67.5 cm³/mol. The Morgan fingerprint density at radius 1 is 1.60 bits per heavy atom. The van der Waals surface area contributed by atoms with Crippen LogP contribution in [0.2, 0.25) is 0 Å². The number of hydrogen-bond donors (Lipinski definition) is 0. The molecule has 0 amide bonds. The third-order valence-electron chi connectivity index (χ3n) is 2.18. The molecule has 3 nitrogen and oxygen atoms in total. The van der Waals surface area contributed by atoms with Gasteiger partial charge in [-0.2, -0.15) is 0 Å². The minimum atomic E-state index is 0.683. The van der Waals surface area contributed by atoms with Gasteiger partial charge in [0.1, 0.15) is 11.2 Å². The molecule has 0 atom stereocenters. The van der Waals surface area contributed by atoms with E-state index in [0.717, 1.165) is 33.7 Å². The molecule has 2 rings (SSSR count). The Bertz CT molecular complexity index is 395. The van der Waals surface area contributed by atoms with Crippen molar-refractivity contribution in [1.82, 2.24) is 4.98 Å². The van der Waals surface area contributed by atoms with Crippen LogP contribution in [0.15, 0.2) is 27.9 Å². The summed E-state index contributed by atoms with van der Waals surface area (Å²) >= 11 is 6.76. The summed E-state index contributed by atoms with van der Waals surface area (Å²) in [6.45, 7) is 6.13. The van der Waals surface area contributed by atoms with E-state index in [4.69, 9.17) is 4.74 Å². The molecule has 0 N–H and O–H groups in total. The summed E-state index contributed by atoms with van der Waals surface area (Å²) in [7, 11) is 0. The van der Waals surface area contributed by atoms with Gasteiger partial charge in [0, 0.05) is 6.54 Å². The van der Waals surface area contributed by atoms with Crippen LogP contribution < -0.4 is 9.64 Å². The quantitative estimate of drug-likeness (QED) is 0.614. The molecule has 0 saturated heterocycles. The van der Waals surface area contributed by atoms with Gasteiger partial charge >= 0.3 is 0 Å². The van der Waals surface area contributed by atoms with E-state index in [9.17, 15) is 0 Å². The molecule has 0 radical (unpaired) electrons. The average molecular weight is 334 g/mol. The van der Waals surface area contributed by atoms with Crippen molar-refractivity contribution in [2.24, 2.45) is 0 Å². The molecule has 1 aromatic rings. The van der Waals surface area contributed by atoms with Crippen molar-refractivity contribution in [2.45, 2.75) is 0 Å². The molecule has 1 aliphatic rings. The molecule has 15 heavy (non-hydrogen) atoms. The zero-order valence-corrected chi connectivity index (χ0v) is 11.2. The number of hydrogen-bond acceptors (Lipinski definition) is 3. The van der Waals surface area contributed by atoms with Gasteiger partial charge in [0.15, 0.2) is 10.4 Å². The molecule has 80 valence electrons. The van der Waals surface area contributed by atoms with Crippen molar-refractivity contribution >= 4 is 37.5 Å². The fourth-order valence-corrected chi connectivity index (χ4v) is 2.69. The molecule has 0 unspecified atom stereocenters. The standard InChI is InChI=1S/C10H10Br2N2O/c1-2-3-14-4-5-15-9-7(14)6-8(11)13-10(9)12/h2,6H,1,3-5H2. The van der Waals surface area contributed by atoms with Crippen LogP contribution in [-0.2, 0) is 0 Å². The summed E-state index contributed by atoms with van der Waals surface area (Å²) in [4.78, 5) is 6.45. The Balaban J connectivity index is 2.45. The van der Waals surface area contributed by atoms with Gasteiger partial charge in [-0.3, -0.25) is 0 Å². The fourth-order valence-electron chi connectivity index (χ4n) is 1.55. The second kappa shape index (κ2) is 4.53. The Kier molecular flexibility index (Phi) is 3.31. The van der Waals surface area contributed by atoms with Crippen LogP contribution in [0.4, 0.5) is 5.69 Å². The molecule has 0 spiro atoms. The summed E-state index contributed by atoms with van der Waals surface area (Å²) in [5.74, 6) is 0.811. The lowest BCUT2D eigenvalue weighted by Crippen LogP contribution is -2.33. The average Bonchev–Trinajstić information content (AvgIpc) is 2.19. The van der Waals surface area contributed by atoms with Crippen LogP contribution in [0.3, 0.4) is 0 Å². The largest absolute Gasteiger partial charge is 0.487 e. The SMILES string of the molecule is C=CCN1CCOc2c1cc(Br)nc2Br. The van der Waals surface area contributed by atoms with Crippen LogP contribution >= 0.6 is 31.9 Å². The van der Waals surface area contributed by atoms with Gasteiger partial charge in [-0.05, 0) is 37.9 Å². The van der Waals surface area contributed by atoms with E-state index in [1.165, 1.54) is 0 Å². The molecule has 0 saturated carbocycles. The van der Waals surface area contributed by atoms with Gasteiger partial charge in [-0.15, -0.1) is 6.58 Å². The highest BCUT2D eigenvalue weighted by Gasteiger charge is 2.21. The zero-order chi connectivity index (χ0) is 10.8. The number of nitrogens with zero attached hydrogens (tertiary/aromatic N) is 2. The highest BCUT2D eigenvalue weighted by molar-refractivity contribution is 9.11. The monoisotopic (exact) mass is 332 g/mol. The number of anilines is 1. The lowest BCUT2D eigenvalue weighted by atomic mass is 10.3. The van der Waals surface area contributed by atoms with Crippen molar-refractivity contribution in [3.8, 4) is 5.75 Å². The zero-order valence-electron chi connectivity index (χ0n) is 8.04. The Hall–Kier alpha value is -0.550. The maximum Gasteiger partial charge on any atom is 0.175 e. The van der Waals surface area contributed by atoms with E-state index in [2.05, 4.69) is 48.3 Å². The van der Waals surface area contributed by atoms with Crippen LogP contribution in [0.25, 0.3) is 0 Å². The van der Waals surface area contributed by atoms with Crippen molar-refractivity contribution in [3.63, 3.8) is 0 Å². The summed E-state index contributed by atoms with van der Waals surface area (Å²) in [6, 6.07) is 1.96. The first-order chi connectivity index (χ1) is 7.22. The Morgan fingerprint density at radius 2 is 2.40 bits per heavy atom. The summed E-state index contributed by atoms with van der Waals surface area (Å²) in [6.07, 6.45) is 1.89. The fraction of sp³-hybridized carbons (Fsp3) is 0.300. The molecule has 1 aromatic heterocycles. The van der Waals surface area contributed by atoms with Gasteiger partial charge in [0.2, 0.25) is 0 Å². The van der Waals surface area contributed by atoms with Crippen LogP contribution in [-0.4, -0.2) is 24.7 Å². The third-order valence-corrected chi connectivity index (χ3v) is 3.12. The number of fused-ring (bicyclic) bond motifs is 1. The Labute approximate surface area is 105 Å². The summed E-state index contributed by atoms with van der Waals surface area (Å²) in [5.41, 5.74) is 1.05. The summed E-state index contributed by atoms with van der Waals surface area (Å²) < 4.78 is 7.12. The molecule has 0 aromatic carbocycles. The smallest absolute Gasteiger partial charge is 0.175 e. The first-order valence-corrected chi connectivity index (χ1v) is 6.15. The molecular formula is C10H10Br2N2O. The van der Waals surface area contributed by atoms with Crippen LogP contribution in [0.5, 0.6) is 5.75 Å². The maximum atomic E-state index is 5.58. The normalized spacial score (nSPS) is 14.4. The topological polar surface area (TPSA) is 25.4 Å². The lowest BCUT2D eigenvalue weighted by molar-refractivity contribution is 0.305. The molecule has 0 fully saturated rings. The number of aromatic nitrogens is 1. The second-order valence-corrected chi connectivity index (χ2v) is 4.73. The molecule has 2 heterocycles. The van der Waals surface area contributed by atoms with Crippen LogP contribution in [0.1, 0.15) is 0 Å². The predicted octanol–water partition coefficient (Wildman–Crippen LogP) is 2.99. The number of ether oxygens (including phenoxy) is 1. The molecule has 0 bridgehead atoms. The van der Waals surface area contributed by atoms with Gasteiger partial charge in [-0.1, -0.05) is 6.08 Å². The first-order valence-electron chi connectivity index (χ1n) is 4.57. The van der Waals surface area contributed by atoms with Gasteiger partial charge < -0.3 is 9.64 Å². The van der Waals surface area contributed by atoms with E-state index in [0.29, 0.717) is 6.61 Å². The highest BCUT2D eigenvalue weighted by Crippen LogP contribution is 2.38. The maximum absolute atomic E-state index is 5.58. The van der Waals surface area contributed by atoms with Crippen LogP contribution in [0, 0.1) is 0 Å². The van der Waals surface area contributed by atoms with E-state index in [1.54, 1.807) is 0 Å². The highest BCUT2D eigenvalue weighted by atomic mass is 79.9. The molecule has 5 heteroatoms. The van der Waals surface area contributed by atoms with E-state index in [-0.39, 0.29) is 0 Å². The minimum Gasteiger partial charge on any atom is -0.487 e. The summed E-state index contributed by atoms with van der Waals surface area (Å²) in [5, 5.41) is 0. The van der Waals surface area contributed by atoms with Crippen molar-refractivity contribution < 1.29 is 4.74 Å². The number of halogens is 2. The van der Waals surface area contributed by atoms with Crippen molar-refractivity contribution in [3.05, 3.63) is 27.9 Å². The minimum absolute atomic E-state index is 0.683. The van der Waals surface area contributed by atoms with Gasteiger partial charge in [0.05, 0.1) is 12.2 Å². The van der Waals surface area contributed by atoms with Crippen molar-refractivity contribution in [2.75, 3.05) is 24.6 Å².